The lowest BCUT2D eigenvalue weighted by molar-refractivity contribution is -0.330. The normalized spacial score (nSPS) is 58.8. The third kappa shape index (κ3) is 3.80. The molecule has 0 aromatic rings. The fourth-order valence-electron chi connectivity index (χ4n) is 12.9. The third-order valence-corrected chi connectivity index (χ3v) is 15.7. The van der Waals surface area contributed by atoms with Crippen LogP contribution in [0.15, 0.2) is 12.2 Å². The zero-order valence-corrected chi connectivity index (χ0v) is 28.0. The highest BCUT2D eigenvalue weighted by Crippen LogP contribution is 2.79. The van der Waals surface area contributed by atoms with E-state index in [2.05, 4.69) is 60.6 Å². The van der Waals surface area contributed by atoms with Gasteiger partial charge in [0.15, 0.2) is 6.29 Å². The number of allylic oxidation sites excluding steroid dienone is 1. The molecule has 2 heterocycles. The Bertz CT molecular complexity index is 1180. The van der Waals surface area contributed by atoms with Gasteiger partial charge in [0, 0.05) is 16.7 Å². The summed E-state index contributed by atoms with van der Waals surface area (Å²) in [6, 6.07) is 0. The van der Waals surface area contributed by atoms with E-state index in [1.54, 1.807) is 0 Å². The smallest absolute Gasteiger partial charge is 0.186 e. The van der Waals surface area contributed by atoms with Gasteiger partial charge < -0.3 is 39.7 Å². The summed E-state index contributed by atoms with van der Waals surface area (Å²) in [4.78, 5) is 0. The maximum atomic E-state index is 12.0. The first-order valence-electron chi connectivity index (χ1n) is 17.4. The third-order valence-electron chi connectivity index (χ3n) is 15.7. The minimum absolute atomic E-state index is 0.00319. The summed E-state index contributed by atoms with van der Waals surface area (Å²) < 4.78 is 19.3. The van der Waals surface area contributed by atoms with Gasteiger partial charge in [-0.1, -0.05) is 60.6 Å². The Morgan fingerprint density at radius 3 is 2.25 bits per heavy atom. The Labute approximate surface area is 263 Å². The van der Waals surface area contributed by atoms with Gasteiger partial charge in [0.05, 0.1) is 31.0 Å². The van der Waals surface area contributed by atoms with Crippen molar-refractivity contribution >= 4 is 0 Å². The van der Waals surface area contributed by atoms with E-state index in [0.717, 1.165) is 51.4 Å². The molecule has 0 amide bonds. The highest BCUT2D eigenvalue weighted by Gasteiger charge is 2.79. The Balaban J connectivity index is 1.20. The van der Waals surface area contributed by atoms with Gasteiger partial charge in [-0.2, -0.15) is 0 Å². The highest BCUT2D eigenvalue weighted by atomic mass is 16.7. The van der Waals surface area contributed by atoms with Gasteiger partial charge in [-0.05, 0) is 84.9 Å². The Hall–Kier alpha value is -0.580. The SMILES string of the molecule is CC1(C)CCC23COC4(C=CC5C6(C)CCC(OC7OC(CO)C(O)C(O)C7O)C(C)(C)C6CCC5(C)C4(C)CC2O)C3C1. The molecule has 2 bridgehead atoms. The molecular weight excluding hydrogens is 560 g/mol. The molecule has 7 aliphatic rings. The summed E-state index contributed by atoms with van der Waals surface area (Å²) in [7, 11) is 0. The summed E-state index contributed by atoms with van der Waals surface area (Å²) in [6.45, 7) is 16.9. The second-order valence-corrected chi connectivity index (χ2v) is 18.3. The van der Waals surface area contributed by atoms with E-state index in [1.165, 1.54) is 0 Å². The summed E-state index contributed by atoms with van der Waals surface area (Å²) in [5.74, 6) is 0.980. The Morgan fingerprint density at radius 2 is 1.55 bits per heavy atom. The molecular formula is C36H58O8. The monoisotopic (exact) mass is 618 g/mol. The van der Waals surface area contributed by atoms with Crippen LogP contribution in [0.1, 0.15) is 99.8 Å². The van der Waals surface area contributed by atoms with Crippen molar-refractivity contribution in [1.29, 1.82) is 0 Å². The van der Waals surface area contributed by atoms with Crippen molar-refractivity contribution in [1.82, 2.24) is 0 Å². The van der Waals surface area contributed by atoms with E-state index in [1.807, 2.05) is 0 Å². The number of rotatable bonds is 3. The fraction of sp³-hybridized carbons (Fsp3) is 0.944. The summed E-state index contributed by atoms with van der Waals surface area (Å²) in [6.07, 6.45) is 5.95. The standard InChI is InChI=1S/C36H58O8/c1-30(2)14-15-35-19-42-36(23(35)16-30)13-9-22-32(5)11-10-25(44-29-28(41)27(40)26(39)20(18-37)43-29)31(3,4)21(32)8-12-33(22,6)34(36,7)17-24(35)38/h9,13,20-29,37-41H,8,10-12,14-19H2,1-7H3. The van der Waals surface area contributed by atoms with Gasteiger partial charge in [-0.25, -0.2) is 0 Å². The number of ether oxygens (including phenoxy) is 3. The molecule has 15 unspecified atom stereocenters. The molecule has 0 radical (unpaired) electrons. The lowest BCUT2D eigenvalue weighted by Crippen LogP contribution is -2.72. The molecule has 5 aliphatic carbocycles. The predicted molar refractivity (Wildman–Crippen MR) is 164 cm³/mol. The molecule has 1 spiro atoms. The van der Waals surface area contributed by atoms with Crippen LogP contribution in [0.25, 0.3) is 0 Å². The van der Waals surface area contributed by atoms with Gasteiger partial charge >= 0.3 is 0 Å². The number of aliphatic hydroxyl groups is 5. The molecule has 8 heteroatoms. The van der Waals surface area contributed by atoms with Crippen LogP contribution in [0.2, 0.25) is 0 Å². The minimum atomic E-state index is -1.45. The molecule has 2 saturated heterocycles. The molecule has 2 aliphatic heterocycles. The maximum Gasteiger partial charge on any atom is 0.186 e. The second kappa shape index (κ2) is 9.74. The first-order valence-corrected chi connectivity index (χ1v) is 17.4. The van der Waals surface area contributed by atoms with Gasteiger partial charge in [0.2, 0.25) is 0 Å². The summed E-state index contributed by atoms with van der Waals surface area (Å²) in [5.41, 5.74) is -0.744. The predicted octanol–water partition coefficient (Wildman–Crippen LogP) is 3.95. The molecule has 250 valence electrons. The zero-order chi connectivity index (χ0) is 31.9. The average Bonchev–Trinajstić information content (AvgIpc) is 3.22. The molecule has 8 nitrogen and oxygen atoms in total. The molecule has 4 saturated carbocycles. The van der Waals surface area contributed by atoms with Crippen LogP contribution in [0.4, 0.5) is 0 Å². The van der Waals surface area contributed by atoms with E-state index >= 15 is 0 Å². The maximum absolute atomic E-state index is 12.0. The minimum Gasteiger partial charge on any atom is -0.394 e. The fourth-order valence-corrected chi connectivity index (χ4v) is 12.9. The van der Waals surface area contributed by atoms with E-state index in [9.17, 15) is 25.5 Å². The summed E-state index contributed by atoms with van der Waals surface area (Å²) >= 11 is 0. The topological polar surface area (TPSA) is 129 Å². The van der Waals surface area contributed by atoms with Crippen LogP contribution in [-0.4, -0.2) is 87.3 Å². The van der Waals surface area contributed by atoms with Crippen molar-refractivity contribution in [2.75, 3.05) is 13.2 Å². The van der Waals surface area contributed by atoms with Crippen LogP contribution >= 0.6 is 0 Å². The molecule has 44 heavy (non-hydrogen) atoms. The van der Waals surface area contributed by atoms with Gasteiger partial charge in [-0.3, -0.25) is 0 Å². The van der Waals surface area contributed by atoms with Crippen molar-refractivity contribution in [3.63, 3.8) is 0 Å². The van der Waals surface area contributed by atoms with Crippen LogP contribution in [0.3, 0.4) is 0 Å². The van der Waals surface area contributed by atoms with E-state index in [4.69, 9.17) is 14.2 Å². The van der Waals surface area contributed by atoms with Crippen molar-refractivity contribution in [2.45, 2.75) is 148 Å². The van der Waals surface area contributed by atoms with Crippen LogP contribution in [0.5, 0.6) is 0 Å². The first-order chi connectivity index (χ1) is 20.4. The second-order valence-electron chi connectivity index (χ2n) is 18.3. The number of fused-ring (bicyclic) bond motifs is 4. The van der Waals surface area contributed by atoms with Crippen molar-refractivity contribution < 1.29 is 39.7 Å². The van der Waals surface area contributed by atoms with Crippen molar-refractivity contribution in [3.05, 3.63) is 12.2 Å². The Morgan fingerprint density at radius 1 is 0.818 bits per heavy atom. The summed E-state index contributed by atoms with van der Waals surface area (Å²) in [5, 5.41) is 53.1. The van der Waals surface area contributed by atoms with Crippen LogP contribution < -0.4 is 0 Å². The van der Waals surface area contributed by atoms with Crippen molar-refractivity contribution in [2.24, 2.45) is 50.2 Å². The number of hydrogen-bond acceptors (Lipinski definition) is 8. The Kier molecular flexibility index (Phi) is 7.08. The lowest BCUT2D eigenvalue weighted by atomic mass is 9.32. The number of hydrogen-bond donors (Lipinski definition) is 5. The zero-order valence-electron chi connectivity index (χ0n) is 28.0. The highest BCUT2D eigenvalue weighted by molar-refractivity contribution is 5.36. The molecule has 7 rings (SSSR count). The number of aliphatic hydroxyl groups excluding tert-OH is 5. The van der Waals surface area contributed by atoms with E-state index in [-0.39, 0.29) is 50.3 Å². The molecule has 5 N–H and O–H groups in total. The van der Waals surface area contributed by atoms with Gasteiger partial charge in [0.25, 0.3) is 0 Å². The quantitative estimate of drug-likeness (QED) is 0.238. The molecule has 6 fully saturated rings. The van der Waals surface area contributed by atoms with Gasteiger partial charge in [-0.15, -0.1) is 0 Å². The lowest BCUT2D eigenvalue weighted by Gasteiger charge is -2.73. The van der Waals surface area contributed by atoms with Gasteiger partial charge in [0.1, 0.15) is 24.4 Å². The molecule has 0 aromatic carbocycles. The average molecular weight is 619 g/mol. The van der Waals surface area contributed by atoms with E-state index in [0.29, 0.717) is 24.4 Å². The molecule has 15 atom stereocenters. The van der Waals surface area contributed by atoms with E-state index < -0.39 is 37.3 Å². The largest absolute Gasteiger partial charge is 0.394 e. The first kappa shape index (κ1) is 32.0. The van der Waals surface area contributed by atoms with Crippen molar-refractivity contribution in [3.8, 4) is 0 Å². The van der Waals surface area contributed by atoms with Crippen LogP contribution in [0, 0.1) is 50.2 Å². The molecule has 0 aromatic heterocycles. The van der Waals surface area contributed by atoms with Crippen LogP contribution in [-0.2, 0) is 14.2 Å².